The molecule has 0 saturated heterocycles. The SMILES string of the molecule is CCC(=O)C1(NC(=O)C(=O)c2c(C)c(C(=O)Nc3ccc(C)c(Cl)c3)n3c2CCC3)CC1.Cc1ccc(NC(=O)c2c(C)c(C(=O)C(=O)NC34CC(C#N)(C3)C4)c3n2CCC3)cc1Cl.Cc1ccc(NC(=O)c2c(C)c(C(=O)C(=O)NC34CC(C#N)(C3)C4)c3n2CCC3)cc1F.Cc1ccc(NC(=O)c2c(C)c(C(=O)C(=O)NC34CC(C(N)=O)(C3)C4)c3n2CCC3)cc1Cl. The zero-order valence-electron chi connectivity index (χ0n) is 72.9. The molecule has 29 nitrogen and oxygen atoms in total. The normalized spacial score (nSPS) is 22.3. The molecule has 14 aliphatic rings. The molecule has 10 aliphatic carbocycles. The zero-order chi connectivity index (χ0) is 92.6. The standard InChI is InChI=1S/C24H25ClN4O4.C24H23ClN4O3.C24H26ClN3O4.C24H23FN4O3/c1-12-5-6-14(8-15(12)25)27-20(31)18-13(2)17(16-4-3-7-29(16)18)19(30)21(32)28-24-9-23(10-24,11-24)22(26)33;1-13-5-6-15(8-16(13)25)27-21(31)19-14(2)18(17-4-3-7-29(17)19)20(30)22(32)28-24-9-23(10-24,11-24)12-26;1-4-18(29)24(9-10-24)27-23(32)21(30)19-14(3)20(28-11-5-6-17(19)28)22(31)26-15-8-7-13(2)16(25)12-15;1-13-5-6-15(8-16(13)25)27-21(31)19-14(2)18(17-4-3-7-29(17)19)20(30)22(32)28-24-9-23(10-24,11-24)12-26/h5-6,8H,3-4,7,9-11H2,1-2H3,(H2,26,33)(H,27,31)(H,28,32);5-6,8H,3-4,7,9-11H2,1-2H3,(H,27,31)(H,28,32);7-8,12H,4-6,9-11H2,1-3H3,(H,26,31)(H,27,32);5-6,8H,3-4,7,9-11H2,1-2H3,(H,27,31)(H,28,32). The van der Waals surface area contributed by atoms with E-state index in [0.717, 1.165) is 48.1 Å². The van der Waals surface area contributed by atoms with Crippen molar-refractivity contribution in [3.05, 3.63) is 206 Å². The fraction of sp³-hybridized carbons (Fsp3) is 0.417. The molecule has 22 rings (SSSR count). The Hall–Kier alpha value is -12.6. The first-order chi connectivity index (χ1) is 61.1. The van der Waals surface area contributed by atoms with Gasteiger partial charge in [-0.05, 0) is 270 Å². The number of halogens is 4. The van der Waals surface area contributed by atoms with E-state index in [4.69, 9.17) is 45.8 Å². The Morgan fingerprint density at radius 3 is 0.907 bits per heavy atom. The number of carbonyl (C=O) groups excluding carboxylic acids is 14. The topological polar surface area (TPSA) is 429 Å². The number of primary amides is 1. The van der Waals surface area contributed by atoms with Crippen molar-refractivity contribution in [2.75, 3.05) is 21.3 Å². The summed E-state index contributed by atoms with van der Waals surface area (Å²) in [5, 5.41) is 42.4. The Kier molecular flexibility index (Phi) is 23.1. The van der Waals surface area contributed by atoms with E-state index in [2.05, 4.69) is 54.7 Å². The minimum Gasteiger partial charge on any atom is -0.369 e. The van der Waals surface area contributed by atoms with E-state index in [9.17, 15) is 76.8 Å². The number of nitrogens with zero attached hydrogens (tertiary/aromatic N) is 6. The number of nitrogens with one attached hydrogen (secondary N) is 8. The summed E-state index contributed by atoms with van der Waals surface area (Å²) in [7, 11) is 0. The van der Waals surface area contributed by atoms with Gasteiger partial charge in [-0.1, -0.05) is 66.0 Å². The van der Waals surface area contributed by atoms with E-state index in [-0.39, 0.29) is 51.4 Å². The minimum absolute atomic E-state index is 0.0608. The lowest BCUT2D eigenvalue weighted by molar-refractivity contribution is -0.179. The minimum atomic E-state index is -0.900. The van der Waals surface area contributed by atoms with E-state index in [1.807, 2.05) is 52.7 Å². The summed E-state index contributed by atoms with van der Waals surface area (Å²) in [5.41, 5.74) is 14.6. The second-order valence-corrected chi connectivity index (χ2v) is 38.4. The van der Waals surface area contributed by atoms with Crippen molar-refractivity contribution < 1.29 is 71.5 Å². The van der Waals surface area contributed by atoms with E-state index in [1.54, 1.807) is 94.6 Å². The van der Waals surface area contributed by atoms with E-state index < -0.39 is 86.1 Å². The van der Waals surface area contributed by atoms with Crippen molar-refractivity contribution in [3.8, 4) is 12.1 Å². The van der Waals surface area contributed by atoms with Gasteiger partial charge in [0.2, 0.25) is 5.91 Å². The first-order valence-electron chi connectivity index (χ1n) is 43.4. The monoisotopic (exact) mass is 1810 g/mol. The van der Waals surface area contributed by atoms with Crippen molar-refractivity contribution in [2.45, 2.75) is 239 Å². The lowest BCUT2D eigenvalue weighted by Gasteiger charge is -2.68. The number of nitriles is 2. The number of fused-ring (bicyclic) bond motifs is 4. The number of benzene rings is 4. The van der Waals surface area contributed by atoms with Gasteiger partial charge in [0, 0.05) is 110 Å². The molecular weight excluding hydrogens is 1710 g/mol. The fourth-order valence-electron chi connectivity index (χ4n) is 21.5. The molecule has 10 saturated carbocycles. The van der Waals surface area contributed by atoms with Crippen molar-refractivity contribution in [2.24, 2.45) is 22.0 Å². The molecule has 129 heavy (non-hydrogen) atoms. The summed E-state index contributed by atoms with van der Waals surface area (Å²) in [6, 6.07) is 24.9. The highest BCUT2D eigenvalue weighted by Crippen LogP contribution is 2.68. The van der Waals surface area contributed by atoms with Crippen molar-refractivity contribution >= 4 is 140 Å². The number of hydrogen-bond donors (Lipinski definition) is 9. The van der Waals surface area contributed by atoms with Crippen LogP contribution in [0.4, 0.5) is 27.1 Å². The van der Waals surface area contributed by atoms with Crippen LogP contribution in [-0.4, -0.2) is 123 Å². The maximum Gasteiger partial charge on any atom is 0.293 e. The number of nitrogens with two attached hydrogens (primary N) is 1. The van der Waals surface area contributed by atoms with Crippen molar-refractivity contribution in [1.82, 2.24) is 39.5 Å². The number of aryl methyl sites for hydroxylation is 4. The van der Waals surface area contributed by atoms with Gasteiger partial charge in [-0.15, -0.1) is 0 Å². The lowest BCUT2D eigenvalue weighted by Crippen LogP contribution is -2.78. The van der Waals surface area contributed by atoms with Gasteiger partial charge in [-0.25, -0.2) is 4.39 Å². The first kappa shape index (κ1) is 89.7. The highest BCUT2D eigenvalue weighted by atomic mass is 35.5. The smallest absolute Gasteiger partial charge is 0.293 e. The van der Waals surface area contributed by atoms with Crippen LogP contribution in [0.5, 0.6) is 0 Å². The summed E-state index contributed by atoms with van der Waals surface area (Å²) in [6.45, 7) is 18.2. The molecule has 0 radical (unpaired) electrons. The molecule has 8 heterocycles. The molecule has 10 fully saturated rings. The summed E-state index contributed by atoms with van der Waals surface area (Å²) in [4.78, 5) is 180. The Morgan fingerprint density at radius 2 is 0.659 bits per heavy atom. The van der Waals surface area contributed by atoms with Crippen LogP contribution >= 0.6 is 34.8 Å². The maximum atomic E-state index is 13.9. The van der Waals surface area contributed by atoms with Gasteiger partial charge in [0.15, 0.2) is 5.78 Å². The van der Waals surface area contributed by atoms with Gasteiger partial charge in [0.05, 0.1) is 56.2 Å². The average Bonchev–Trinajstić information content (AvgIpc) is 1.59. The summed E-state index contributed by atoms with van der Waals surface area (Å²) < 4.78 is 21.2. The number of Topliss-reactive ketones (excluding diaryl/α,β-unsaturated/α-hetero) is 5. The molecule has 6 bridgehead atoms. The van der Waals surface area contributed by atoms with Crippen molar-refractivity contribution in [3.63, 3.8) is 0 Å². The van der Waals surface area contributed by atoms with Crippen molar-refractivity contribution in [1.29, 1.82) is 10.5 Å². The quantitative estimate of drug-likeness (QED) is 0.0212. The molecule has 4 aromatic carbocycles. The second-order valence-electron chi connectivity index (χ2n) is 37.2. The van der Waals surface area contributed by atoms with E-state index in [0.29, 0.717) is 246 Å². The molecule has 0 atom stereocenters. The number of aromatic nitrogens is 4. The van der Waals surface area contributed by atoms with Gasteiger partial charge in [-0.3, -0.25) is 67.1 Å². The third kappa shape index (κ3) is 15.8. The molecule has 33 heteroatoms. The molecule has 4 aromatic heterocycles. The highest BCUT2D eigenvalue weighted by Gasteiger charge is 2.73. The molecule has 10 N–H and O–H groups in total. The average molecular weight is 1810 g/mol. The summed E-state index contributed by atoms with van der Waals surface area (Å²) in [6.07, 6.45) is 12.1. The number of carbonyl (C=O) groups is 14. The van der Waals surface area contributed by atoms with Crippen LogP contribution in [0.3, 0.4) is 0 Å². The molecule has 9 amide bonds. The predicted molar refractivity (Wildman–Crippen MR) is 476 cm³/mol. The Labute approximate surface area is 757 Å². The fourth-order valence-corrected chi connectivity index (χ4v) is 22.1. The number of ketones is 5. The maximum absolute atomic E-state index is 13.9. The van der Waals surface area contributed by atoms with Gasteiger partial charge < -0.3 is 66.5 Å². The van der Waals surface area contributed by atoms with Crippen LogP contribution < -0.4 is 48.3 Å². The molecule has 0 spiro atoms. The third-order valence-electron chi connectivity index (χ3n) is 28.1. The molecule has 0 unspecified atom stereocenters. The highest BCUT2D eigenvalue weighted by molar-refractivity contribution is 6.46. The Morgan fingerprint density at radius 1 is 0.395 bits per heavy atom. The van der Waals surface area contributed by atoms with Gasteiger partial charge in [-0.2, -0.15) is 10.5 Å². The number of anilines is 4. The van der Waals surface area contributed by atoms with Gasteiger partial charge in [0.1, 0.15) is 28.6 Å². The zero-order valence-corrected chi connectivity index (χ0v) is 75.2. The van der Waals surface area contributed by atoms with Crippen LogP contribution in [0.2, 0.25) is 15.1 Å². The van der Waals surface area contributed by atoms with E-state index >= 15 is 0 Å². The van der Waals surface area contributed by atoms with Crippen LogP contribution in [0.25, 0.3) is 0 Å². The summed E-state index contributed by atoms with van der Waals surface area (Å²) in [5.74, 6) is -7.74. The molecule has 4 aliphatic heterocycles. The Balaban J connectivity index is 0.000000126. The van der Waals surface area contributed by atoms with E-state index in [1.165, 1.54) is 6.07 Å². The summed E-state index contributed by atoms with van der Waals surface area (Å²) >= 11 is 18.5. The molecular formula is C96H97Cl3FN15O14. The number of rotatable bonds is 23. The number of amides is 9. The first-order valence-corrected chi connectivity index (χ1v) is 44.5. The lowest BCUT2D eigenvalue weighted by atomic mass is 9.39. The largest absolute Gasteiger partial charge is 0.369 e. The van der Waals surface area contributed by atoms with Gasteiger partial charge in [0.25, 0.3) is 70.4 Å². The van der Waals surface area contributed by atoms with Crippen LogP contribution in [-0.2, 0) is 80.6 Å². The number of hydrogen-bond acceptors (Lipinski definition) is 16. The second kappa shape index (κ2) is 33.1. The van der Waals surface area contributed by atoms with Crippen LogP contribution in [0.1, 0.15) is 260 Å². The Bertz CT molecular complexity index is 6200. The van der Waals surface area contributed by atoms with Gasteiger partial charge >= 0.3 is 0 Å². The molecule has 8 aromatic rings. The van der Waals surface area contributed by atoms with Crippen LogP contribution in [0, 0.1) is 100 Å². The third-order valence-corrected chi connectivity index (χ3v) is 29.4. The molecule has 668 valence electrons. The van der Waals surface area contributed by atoms with Crippen LogP contribution in [0.15, 0.2) is 72.8 Å². The predicted octanol–water partition coefficient (Wildman–Crippen LogP) is 13.3.